The van der Waals surface area contributed by atoms with Crippen LogP contribution >= 0.6 is 0 Å². The van der Waals surface area contributed by atoms with Gasteiger partial charge < -0.3 is 4.74 Å². The summed E-state index contributed by atoms with van der Waals surface area (Å²) >= 11 is 0. The lowest BCUT2D eigenvalue weighted by molar-refractivity contribution is 0.0948. The van der Waals surface area contributed by atoms with Crippen molar-refractivity contribution in [3.05, 3.63) is 0 Å². The number of unbranched alkanes of at least 4 members (excludes halogenated alkanes) is 2. The molecular weight excluding hydrogens is 196 g/mol. The van der Waals surface area contributed by atoms with Crippen LogP contribution < -0.4 is 0 Å². The summed E-state index contributed by atoms with van der Waals surface area (Å²) in [5, 5.41) is 0. The molecule has 0 aromatic heterocycles. The summed E-state index contributed by atoms with van der Waals surface area (Å²) in [6.45, 7) is 2.73. The molecule has 13 heavy (non-hydrogen) atoms. The molecule has 0 unspecified atom stereocenters. The van der Waals surface area contributed by atoms with Gasteiger partial charge in [-0.1, -0.05) is 19.8 Å². The topological polar surface area (TPSA) is 72.8 Å². The lowest BCUT2D eigenvalue weighted by atomic mass is 10.3. The van der Waals surface area contributed by atoms with Crippen molar-refractivity contribution < 1.29 is 21.9 Å². The summed E-state index contributed by atoms with van der Waals surface area (Å²) in [6, 6.07) is 0. The summed E-state index contributed by atoms with van der Waals surface area (Å²) in [7, 11) is -4.30. The smallest absolute Gasteiger partial charge is 0.379 e. The molecule has 80 valence electrons. The molecule has 0 radical (unpaired) electrons. The van der Waals surface area contributed by atoms with Crippen LogP contribution in [0.5, 0.6) is 0 Å². The Bertz CT molecular complexity index is 199. The molecule has 5 nitrogen and oxygen atoms in total. The van der Waals surface area contributed by atoms with Gasteiger partial charge in [0.05, 0.1) is 13.2 Å². The average molecular weight is 212 g/mol. The van der Waals surface area contributed by atoms with Gasteiger partial charge in [0.15, 0.2) is 0 Å². The van der Waals surface area contributed by atoms with Crippen LogP contribution in [0, 0.1) is 0 Å². The molecule has 0 aliphatic heterocycles. The Morgan fingerprint density at radius 1 is 1.15 bits per heavy atom. The summed E-state index contributed by atoms with van der Waals surface area (Å²) in [5.74, 6) is 0. The third-order valence-electron chi connectivity index (χ3n) is 1.35. The molecule has 6 heteroatoms. The van der Waals surface area contributed by atoms with Crippen LogP contribution in [0.3, 0.4) is 0 Å². The quantitative estimate of drug-likeness (QED) is 0.480. The highest BCUT2D eigenvalue weighted by Gasteiger charge is 2.02. The minimum atomic E-state index is -4.30. The van der Waals surface area contributed by atoms with Crippen LogP contribution in [-0.2, 0) is 19.3 Å². The predicted molar refractivity (Wildman–Crippen MR) is 47.8 cm³/mol. The van der Waals surface area contributed by atoms with Crippen molar-refractivity contribution >= 4 is 10.4 Å². The van der Waals surface area contributed by atoms with Crippen LogP contribution in [0.15, 0.2) is 0 Å². The van der Waals surface area contributed by atoms with E-state index in [-0.39, 0.29) is 13.2 Å². The maximum atomic E-state index is 10.0. The van der Waals surface area contributed by atoms with Crippen molar-refractivity contribution in [3.63, 3.8) is 0 Å². The van der Waals surface area contributed by atoms with E-state index in [1.54, 1.807) is 0 Å². The Labute approximate surface area is 79.0 Å². The van der Waals surface area contributed by atoms with Gasteiger partial charge in [-0.3, -0.25) is 4.55 Å². The van der Waals surface area contributed by atoms with E-state index in [0.29, 0.717) is 6.61 Å². The van der Waals surface area contributed by atoms with Gasteiger partial charge in [-0.15, -0.1) is 0 Å². The lowest BCUT2D eigenvalue weighted by Gasteiger charge is -2.02. The molecule has 0 bridgehead atoms. The first kappa shape index (κ1) is 12.8. The molecule has 0 amide bonds. The first-order valence-corrected chi connectivity index (χ1v) is 5.62. The van der Waals surface area contributed by atoms with Crippen molar-refractivity contribution in [1.29, 1.82) is 0 Å². The number of hydrogen-bond acceptors (Lipinski definition) is 4. The minimum absolute atomic E-state index is 0.134. The minimum Gasteiger partial charge on any atom is -0.379 e. The second-order valence-corrected chi connectivity index (χ2v) is 3.66. The van der Waals surface area contributed by atoms with Crippen molar-refractivity contribution in [2.24, 2.45) is 0 Å². The van der Waals surface area contributed by atoms with E-state index in [0.717, 1.165) is 19.3 Å². The van der Waals surface area contributed by atoms with Crippen LogP contribution in [0.1, 0.15) is 26.2 Å². The Morgan fingerprint density at radius 2 is 1.85 bits per heavy atom. The Balaban J connectivity index is 3.09. The van der Waals surface area contributed by atoms with Gasteiger partial charge in [0, 0.05) is 6.61 Å². The zero-order valence-electron chi connectivity index (χ0n) is 7.73. The zero-order valence-corrected chi connectivity index (χ0v) is 8.55. The fraction of sp³-hybridized carbons (Fsp3) is 1.00. The monoisotopic (exact) mass is 212 g/mol. The van der Waals surface area contributed by atoms with Crippen molar-refractivity contribution in [3.8, 4) is 0 Å². The van der Waals surface area contributed by atoms with Crippen LogP contribution in [-0.4, -0.2) is 32.8 Å². The fourth-order valence-electron chi connectivity index (χ4n) is 0.754. The third kappa shape index (κ3) is 11.8. The summed E-state index contributed by atoms with van der Waals surface area (Å²) in [4.78, 5) is 0. The fourth-order valence-corrected chi connectivity index (χ4v) is 1.03. The number of hydrogen-bond donors (Lipinski definition) is 1. The molecular formula is C7H16O5S. The van der Waals surface area contributed by atoms with Gasteiger partial charge in [0.2, 0.25) is 0 Å². The van der Waals surface area contributed by atoms with E-state index in [2.05, 4.69) is 11.1 Å². The Hall–Kier alpha value is -0.170. The maximum absolute atomic E-state index is 10.0. The van der Waals surface area contributed by atoms with Gasteiger partial charge in [-0.2, -0.15) is 8.42 Å². The van der Waals surface area contributed by atoms with E-state index < -0.39 is 10.4 Å². The normalized spacial score (nSPS) is 11.8. The molecule has 0 aliphatic rings. The highest BCUT2D eigenvalue weighted by Crippen LogP contribution is 1.94. The van der Waals surface area contributed by atoms with E-state index in [4.69, 9.17) is 9.29 Å². The van der Waals surface area contributed by atoms with E-state index in [1.165, 1.54) is 0 Å². The highest BCUT2D eigenvalue weighted by atomic mass is 32.3. The van der Waals surface area contributed by atoms with Crippen molar-refractivity contribution in [1.82, 2.24) is 0 Å². The van der Waals surface area contributed by atoms with Crippen molar-refractivity contribution in [2.75, 3.05) is 19.8 Å². The van der Waals surface area contributed by atoms with E-state index >= 15 is 0 Å². The second kappa shape index (κ2) is 7.25. The Morgan fingerprint density at radius 3 is 2.38 bits per heavy atom. The highest BCUT2D eigenvalue weighted by molar-refractivity contribution is 7.80. The van der Waals surface area contributed by atoms with Gasteiger partial charge in [0.1, 0.15) is 0 Å². The standard InChI is InChI=1S/C7H16O5S/c1-2-3-4-5-11-6-7-12-13(8,9)10/h2-7H2,1H3,(H,8,9,10). The maximum Gasteiger partial charge on any atom is 0.397 e. The summed E-state index contributed by atoms with van der Waals surface area (Å²) < 4.78 is 37.3. The van der Waals surface area contributed by atoms with Gasteiger partial charge in [0.25, 0.3) is 0 Å². The van der Waals surface area contributed by atoms with Gasteiger partial charge >= 0.3 is 10.4 Å². The van der Waals surface area contributed by atoms with Gasteiger partial charge in [-0.25, -0.2) is 4.18 Å². The number of ether oxygens (including phenoxy) is 1. The Kier molecular flexibility index (Phi) is 7.16. The average Bonchev–Trinajstić information content (AvgIpc) is 2.01. The SMILES string of the molecule is CCCCCOCCOS(=O)(=O)O. The molecule has 0 aromatic carbocycles. The first-order valence-electron chi connectivity index (χ1n) is 4.26. The molecule has 0 saturated carbocycles. The molecule has 0 aliphatic carbocycles. The van der Waals surface area contributed by atoms with Crippen LogP contribution in [0.4, 0.5) is 0 Å². The van der Waals surface area contributed by atoms with Gasteiger partial charge in [-0.05, 0) is 6.42 Å². The molecule has 0 fully saturated rings. The lowest BCUT2D eigenvalue weighted by Crippen LogP contribution is -2.10. The van der Waals surface area contributed by atoms with Crippen LogP contribution in [0.2, 0.25) is 0 Å². The van der Waals surface area contributed by atoms with Crippen molar-refractivity contribution in [2.45, 2.75) is 26.2 Å². The molecule has 0 atom stereocenters. The third-order valence-corrected chi connectivity index (χ3v) is 1.82. The van der Waals surface area contributed by atoms with E-state index in [1.807, 2.05) is 0 Å². The molecule has 0 aromatic rings. The molecule has 0 saturated heterocycles. The second-order valence-electron chi connectivity index (χ2n) is 2.57. The molecule has 0 rings (SSSR count). The summed E-state index contributed by atoms with van der Waals surface area (Å²) in [6.07, 6.45) is 3.17. The molecule has 0 heterocycles. The zero-order chi connectivity index (χ0) is 10.2. The molecule has 0 spiro atoms. The predicted octanol–water partition coefficient (Wildman–Crippen LogP) is 1.01. The molecule has 1 N–H and O–H groups in total. The van der Waals surface area contributed by atoms with E-state index in [9.17, 15) is 8.42 Å². The van der Waals surface area contributed by atoms with Crippen LogP contribution in [0.25, 0.3) is 0 Å². The summed E-state index contributed by atoms with van der Waals surface area (Å²) in [5.41, 5.74) is 0. The largest absolute Gasteiger partial charge is 0.397 e. The first-order chi connectivity index (χ1) is 6.06. The number of rotatable bonds is 8.